The highest BCUT2D eigenvalue weighted by atomic mass is 15.1. The minimum atomic E-state index is 0.514. The summed E-state index contributed by atoms with van der Waals surface area (Å²) in [6.07, 6.45) is 26.5. The van der Waals surface area contributed by atoms with E-state index in [-0.39, 0.29) is 0 Å². The molecule has 4 aromatic carbocycles. The minimum Gasteiger partial charge on any atom is -0.348 e. The van der Waals surface area contributed by atoms with Crippen molar-refractivity contribution >= 4 is 33.2 Å². The molecule has 2 heteroatoms. The molecule has 0 saturated carbocycles. The maximum atomic E-state index is 2.45. The Hall–Kier alpha value is -4.82. The van der Waals surface area contributed by atoms with E-state index in [4.69, 9.17) is 0 Å². The highest BCUT2D eigenvalue weighted by molar-refractivity contribution is 6.10. The average Bonchev–Trinajstić information content (AvgIpc) is 3.25. The van der Waals surface area contributed by atoms with Gasteiger partial charge in [-0.2, -0.15) is 0 Å². The SMILES string of the molecule is C1=CC(c2ccccc2)CCC1.CN(C1=CC=C(n2c3ccccc3c3ccccc32)CC1)c1ccc(C2C=CC=CCC2)cc1. The van der Waals surface area contributed by atoms with E-state index < -0.39 is 0 Å². The van der Waals surface area contributed by atoms with Crippen LogP contribution in [0.3, 0.4) is 0 Å². The zero-order valence-corrected chi connectivity index (χ0v) is 26.9. The number of para-hydroxylation sites is 2. The van der Waals surface area contributed by atoms with Gasteiger partial charge in [0, 0.05) is 46.7 Å². The Morgan fingerprint density at radius 2 is 1.26 bits per heavy atom. The van der Waals surface area contributed by atoms with Gasteiger partial charge >= 0.3 is 0 Å². The Morgan fingerprint density at radius 3 is 1.93 bits per heavy atom. The number of hydrogen-bond acceptors (Lipinski definition) is 1. The molecule has 1 aromatic heterocycles. The Kier molecular flexibility index (Phi) is 9.14. The van der Waals surface area contributed by atoms with Crippen LogP contribution in [0.4, 0.5) is 5.69 Å². The lowest BCUT2D eigenvalue weighted by Crippen LogP contribution is -2.18. The topological polar surface area (TPSA) is 8.17 Å². The molecule has 230 valence electrons. The molecule has 0 spiro atoms. The average molecular weight is 601 g/mol. The van der Waals surface area contributed by atoms with Crippen LogP contribution >= 0.6 is 0 Å². The fraction of sp³-hybridized carbons (Fsp3) is 0.227. The molecule has 2 unspecified atom stereocenters. The van der Waals surface area contributed by atoms with Crippen LogP contribution in [0.1, 0.15) is 67.9 Å². The van der Waals surface area contributed by atoms with Crippen molar-refractivity contribution in [1.82, 2.24) is 4.57 Å². The maximum Gasteiger partial charge on any atom is 0.0537 e. The standard InChI is InChI=1S/C32H30N2.C12H14/c1-33(26-18-16-25(17-19-26)24-10-4-2-3-5-11-24)27-20-22-28(23-21-27)34-31-14-8-6-12-29(31)30-13-7-9-15-32(30)34;1-3-7-11(8-4-1)12-9-5-2-6-10-12/h2-4,6-10,12-20,22,24H,5,11,21,23H2,1H3;1,3-5,7-9,12H,2,6,10H2. The lowest BCUT2D eigenvalue weighted by atomic mass is 9.89. The van der Waals surface area contributed by atoms with Crippen LogP contribution < -0.4 is 4.90 Å². The molecule has 0 bridgehead atoms. The summed E-state index contributed by atoms with van der Waals surface area (Å²) < 4.78 is 2.45. The lowest BCUT2D eigenvalue weighted by molar-refractivity contribution is 0.654. The number of anilines is 1. The molecule has 2 nitrogen and oxygen atoms in total. The Balaban J connectivity index is 0.000000236. The second-order valence-corrected chi connectivity index (χ2v) is 12.7. The van der Waals surface area contributed by atoms with Crippen LogP contribution in [-0.2, 0) is 0 Å². The molecule has 0 N–H and O–H groups in total. The molecule has 1 heterocycles. The smallest absolute Gasteiger partial charge is 0.0537 e. The van der Waals surface area contributed by atoms with Gasteiger partial charge in [-0.05, 0) is 92.5 Å². The number of nitrogens with zero attached hydrogens (tertiary/aromatic N) is 2. The van der Waals surface area contributed by atoms with E-state index >= 15 is 0 Å². The van der Waals surface area contributed by atoms with Crippen molar-refractivity contribution in [2.45, 2.75) is 56.8 Å². The van der Waals surface area contributed by atoms with Gasteiger partial charge in [-0.15, -0.1) is 0 Å². The Bertz CT molecular complexity index is 1880. The van der Waals surface area contributed by atoms with Crippen molar-refractivity contribution in [2.75, 3.05) is 11.9 Å². The van der Waals surface area contributed by atoms with Gasteiger partial charge in [0.1, 0.15) is 0 Å². The highest BCUT2D eigenvalue weighted by Crippen LogP contribution is 2.36. The van der Waals surface area contributed by atoms with Gasteiger partial charge in [-0.1, -0.05) is 115 Å². The number of aromatic nitrogens is 1. The molecule has 3 aliphatic carbocycles. The third-order valence-electron chi connectivity index (χ3n) is 9.83. The van der Waals surface area contributed by atoms with Crippen LogP contribution in [0.25, 0.3) is 27.5 Å². The Morgan fingerprint density at radius 1 is 0.587 bits per heavy atom. The largest absolute Gasteiger partial charge is 0.348 e. The van der Waals surface area contributed by atoms with Crippen molar-refractivity contribution in [1.29, 1.82) is 0 Å². The van der Waals surface area contributed by atoms with Gasteiger partial charge in [0.25, 0.3) is 0 Å². The summed E-state index contributed by atoms with van der Waals surface area (Å²) in [5, 5.41) is 2.65. The van der Waals surface area contributed by atoms with Crippen LogP contribution in [-0.4, -0.2) is 11.6 Å². The molecule has 8 rings (SSSR count). The molecule has 0 fully saturated rings. The first-order valence-corrected chi connectivity index (χ1v) is 17.0. The minimum absolute atomic E-state index is 0.514. The number of fused-ring (bicyclic) bond motifs is 3. The second-order valence-electron chi connectivity index (χ2n) is 12.7. The molecular weight excluding hydrogens is 556 g/mol. The molecule has 0 amide bonds. The van der Waals surface area contributed by atoms with Crippen molar-refractivity contribution in [3.8, 4) is 0 Å². The van der Waals surface area contributed by atoms with Gasteiger partial charge in [0.2, 0.25) is 0 Å². The fourth-order valence-electron chi connectivity index (χ4n) is 7.24. The zero-order valence-electron chi connectivity index (χ0n) is 26.9. The van der Waals surface area contributed by atoms with Gasteiger partial charge in [0.05, 0.1) is 11.0 Å². The predicted octanol–water partition coefficient (Wildman–Crippen LogP) is 11.9. The zero-order chi connectivity index (χ0) is 31.1. The number of rotatable bonds is 5. The van der Waals surface area contributed by atoms with Crippen LogP contribution in [0, 0.1) is 0 Å². The highest BCUT2D eigenvalue weighted by Gasteiger charge is 2.18. The van der Waals surface area contributed by atoms with Crippen molar-refractivity contribution in [2.24, 2.45) is 0 Å². The summed E-state index contributed by atoms with van der Waals surface area (Å²) in [4.78, 5) is 2.34. The summed E-state index contributed by atoms with van der Waals surface area (Å²) >= 11 is 0. The van der Waals surface area contributed by atoms with Gasteiger partial charge < -0.3 is 9.47 Å². The van der Waals surface area contributed by atoms with Gasteiger partial charge in [0.15, 0.2) is 0 Å². The van der Waals surface area contributed by atoms with Crippen molar-refractivity contribution < 1.29 is 0 Å². The second kappa shape index (κ2) is 14.1. The van der Waals surface area contributed by atoms with E-state index in [0.717, 1.165) is 19.3 Å². The molecule has 5 aromatic rings. The van der Waals surface area contributed by atoms with E-state index in [1.807, 2.05) is 0 Å². The first-order chi connectivity index (χ1) is 22.8. The van der Waals surface area contributed by atoms with Crippen LogP contribution in [0.5, 0.6) is 0 Å². The van der Waals surface area contributed by atoms with Crippen LogP contribution in [0.15, 0.2) is 157 Å². The summed E-state index contributed by atoms with van der Waals surface area (Å²) in [7, 11) is 2.19. The van der Waals surface area contributed by atoms with Gasteiger partial charge in [-0.25, -0.2) is 0 Å². The maximum absolute atomic E-state index is 2.45. The van der Waals surface area contributed by atoms with Gasteiger partial charge in [-0.3, -0.25) is 0 Å². The molecule has 0 radical (unpaired) electrons. The monoisotopic (exact) mass is 600 g/mol. The van der Waals surface area contributed by atoms with E-state index in [0.29, 0.717) is 11.8 Å². The summed E-state index contributed by atoms with van der Waals surface area (Å²) in [5.41, 5.74) is 9.42. The first-order valence-electron chi connectivity index (χ1n) is 17.0. The fourth-order valence-corrected chi connectivity index (χ4v) is 7.24. The quantitative estimate of drug-likeness (QED) is 0.182. The number of hydrogen-bond donors (Lipinski definition) is 0. The van der Waals surface area contributed by atoms with Crippen LogP contribution in [0.2, 0.25) is 0 Å². The third-order valence-corrected chi connectivity index (χ3v) is 9.83. The molecule has 3 aliphatic rings. The van der Waals surface area contributed by atoms with Crippen molar-refractivity contribution in [3.63, 3.8) is 0 Å². The first kappa shape index (κ1) is 29.9. The summed E-state index contributed by atoms with van der Waals surface area (Å²) in [6, 6.07) is 37.4. The molecule has 0 saturated heterocycles. The predicted molar refractivity (Wildman–Crippen MR) is 198 cm³/mol. The Labute approximate surface area is 274 Å². The van der Waals surface area contributed by atoms with E-state index in [9.17, 15) is 0 Å². The third kappa shape index (κ3) is 6.44. The number of allylic oxidation sites excluding steroid dienone is 10. The van der Waals surface area contributed by atoms with Crippen molar-refractivity contribution in [3.05, 3.63) is 169 Å². The summed E-state index contributed by atoms with van der Waals surface area (Å²) in [6.45, 7) is 0. The van der Waals surface area contributed by atoms with E-state index in [2.05, 4.69) is 168 Å². The number of benzene rings is 4. The molecule has 2 atom stereocenters. The normalized spacial score (nSPS) is 19.2. The van der Waals surface area contributed by atoms with E-state index in [1.54, 1.807) is 0 Å². The van der Waals surface area contributed by atoms with E-state index in [1.165, 1.54) is 75.7 Å². The molecule has 0 aliphatic heterocycles. The molecular formula is C44H44N2. The summed E-state index contributed by atoms with van der Waals surface area (Å²) in [5.74, 6) is 1.19. The molecule has 46 heavy (non-hydrogen) atoms. The lowest BCUT2D eigenvalue weighted by Gasteiger charge is -2.26.